The Kier molecular flexibility index (Phi) is 3.66. The number of aromatic nitrogens is 3. The molecule has 7 nitrogen and oxygen atoms in total. The van der Waals surface area contributed by atoms with E-state index in [-0.39, 0.29) is 0 Å². The van der Waals surface area contributed by atoms with E-state index >= 15 is 0 Å². The van der Waals surface area contributed by atoms with Crippen molar-refractivity contribution in [1.29, 1.82) is 0 Å². The molecule has 0 saturated heterocycles. The molecular weight excluding hydrogens is 236 g/mol. The lowest BCUT2D eigenvalue weighted by molar-refractivity contribution is 0.0831. The van der Waals surface area contributed by atoms with Crippen molar-refractivity contribution < 1.29 is 15.3 Å². The number of pyridine rings is 1. The highest BCUT2D eigenvalue weighted by Gasteiger charge is 2.28. The summed E-state index contributed by atoms with van der Waals surface area (Å²) in [7, 11) is 0. The van der Waals surface area contributed by atoms with Gasteiger partial charge in [-0.3, -0.25) is 4.98 Å². The summed E-state index contributed by atoms with van der Waals surface area (Å²) in [4.78, 5) is 12.3. The van der Waals surface area contributed by atoms with Crippen molar-refractivity contribution in [2.75, 3.05) is 25.1 Å². The molecule has 2 aromatic heterocycles. The third kappa shape index (κ3) is 2.37. The van der Waals surface area contributed by atoms with Crippen LogP contribution in [-0.4, -0.2) is 55.6 Å². The first-order valence-electron chi connectivity index (χ1n) is 5.41. The molecule has 0 spiro atoms. The van der Waals surface area contributed by atoms with E-state index in [1.165, 1.54) is 6.20 Å². The lowest BCUT2D eigenvalue weighted by atomic mass is 10.0. The van der Waals surface area contributed by atoms with Crippen LogP contribution in [0.4, 0.5) is 5.82 Å². The quantitative estimate of drug-likeness (QED) is 0.547. The molecule has 96 valence electrons. The molecule has 0 fully saturated rings. The normalized spacial score (nSPS) is 11.7. The van der Waals surface area contributed by atoms with Gasteiger partial charge in [-0.2, -0.15) is 0 Å². The SMILES string of the molecule is OCC(CO)(CO)Nc1ccc2nccnc2n1. The Bertz CT molecular complexity index is 522. The van der Waals surface area contributed by atoms with Crippen molar-refractivity contribution in [2.24, 2.45) is 0 Å². The molecule has 0 aliphatic rings. The van der Waals surface area contributed by atoms with Gasteiger partial charge in [0.2, 0.25) is 0 Å². The minimum atomic E-state index is -1.21. The van der Waals surface area contributed by atoms with Crippen molar-refractivity contribution in [3.63, 3.8) is 0 Å². The van der Waals surface area contributed by atoms with Crippen LogP contribution in [0.5, 0.6) is 0 Å². The van der Waals surface area contributed by atoms with E-state index in [9.17, 15) is 15.3 Å². The maximum absolute atomic E-state index is 9.21. The molecule has 0 saturated carbocycles. The first-order valence-corrected chi connectivity index (χ1v) is 5.41. The fourth-order valence-electron chi connectivity index (χ4n) is 1.46. The summed E-state index contributed by atoms with van der Waals surface area (Å²) >= 11 is 0. The zero-order valence-corrected chi connectivity index (χ0v) is 9.61. The molecule has 0 aromatic carbocycles. The van der Waals surface area contributed by atoms with Crippen LogP contribution in [-0.2, 0) is 0 Å². The Morgan fingerprint density at radius 2 is 1.67 bits per heavy atom. The van der Waals surface area contributed by atoms with Gasteiger partial charge in [0.1, 0.15) is 16.9 Å². The van der Waals surface area contributed by atoms with Crippen LogP contribution in [0.15, 0.2) is 24.5 Å². The van der Waals surface area contributed by atoms with Gasteiger partial charge in [0, 0.05) is 12.4 Å². The van der Waals surface area contributed by atoms with Crippen molar-refractivity contribution >= 4 is 17.0 Å². The Labute approximate surface area is 103 Å². The number of nitrogens with one attached hydrogen (secondary N) is 1. The third-order valence-corrected chi connectivity index (χ3v) is 2.63. The summed E-state index contributed by atoms with van der Waals surface area (Å²) in [5.41, 5.74) is -0.112. The first-order chi connectivity index (χ1) is 8.73. The van der Waals surface area contributed by atoms with Gasteiger partial charge in [-0.1, -0.05) is 0 Å². The Morgan fingerprint density at radius 3 is 2.33 bits per heavy atom. The highest BCUT2D eigenvalue weighted by atomic mass is 16.3. The molecule has 2 heterocycles. The number of hydrogen-bond donors (Lipinski definition) is 4. The minimum Gasteiger partial charge on any atom is -0.394 e. The fraction of sp³-hybridized carbons (Fsp3) is 0.364. The van der Waals surface area contributed by atoms with Gasteiger partial charge in [0.15, 0.2) is 5.65 Å². The van der Waals surface area contributed by atoms with Crippen LogP contribution in [0.2, 0.25) is 0 Å². The summed E-state index contributed by atoms with van der Waals surface area (Å²) in [6.07, 6.45) is 3.09. The average molecular weight is 250 g/mol. The second kappa shape index (κ2) is 5.21. The van der Waals surface area contributed by atoms with Crippen molar-refractivity contribution in [3.8, 4) is 0 Å². The molecule has 4 N–H and O–H groups in total. The molecule has 2 rings (SSSR count). The Morgan fingerprint density at radius 1 is 1.00 bits per heavy atom. The molecule has 0 atom stereocenters. The molecule has 18 heavy (non-hydrogen) atoms. The third-order valence-electron chi connectivity index (χ3n) is 2.63. The molecule has 0 bridgehead atoms. The van der Waals surface area contributed by atoms with Crippen LogP contribution < -0.4 is 5.32 Å². The van der Waals surface area contributed by atoms with Gasteiger partial charge < -0.3 is 20.6 Å². The number of anilines is 1. The predicted octanol–water partition coefficient (Wildman–Crippen LogP) is -0.848. The van der Waals surface area contributed by atoms with Crippen molar-refractivity contribution in [3.05, 3.63) is 24.5 Å². The van der Waals surface area contributed by atoms with E-state index < -0.39 is 25.4 Å². The highest BCUT2D eigenvalue weighted by Crippen LogP contribution is 2.15. The smallest absolute Gasteiger partial charge is 0.180 e. The lowest BCUT2D eigenvalue weighted by Crippen LogP contribution is -2.49. The zero-order valence-electron chi connectivity index (χ0n) is 9.61. The van der Waals surface area contributed by atoms with E-state index in [4.69, 9.17) is 0 Å². The first kappa shape index (κ1) is 12.6. The molecule has 7 heteroatoms. The Balaban J connectivity index is 2.31. The minimum absolute atomic E-state index is 0.403. The Hall–Kier alpha value is -1.83. The average Bonchev–Trinajstić information content (AvgIpc) is 2.45. The zero-order chi connectivity index (χ0) is 13.0. The fourth-order valence-corrected chi connectivity index (χ4v) is 1.46. The molecule has 2 aromatic rings. The van der Waals surface area contributed by atoms with Crippen molar-refractivity contribution in [2.45, 2.75) is 5.54 Å². The van der Waals surface area contributed by atoms with E-state index in [1.54, 1.807) is 18.3 Å². The van der Waals surface area contributed by atoms with Crippen LogP contribution in [0.3, 0.4) is 0 Å². The van der Waals surface area contributed by atoms with Crippen LogP contribution in [0, 0.1) is 0 Å². The summed E-state index contributed by atoms with van der Waals surface area (Å²) < 4.78 is 0. The molecule has 0 aliphatic carbocycles. The number of fused-ring (bicyclic) bond motifs is 1. The molecule has 0 radical (unpaired) electrons. The maximum atomic E-state index is 9.21. The largest absolute Gasteiger partial charge is 0.394 e. The molecule has 0 aliphatic heterocycles. The van der Waals surface area contributed by atoms with Gasteiger partial charge in [-0.25, -0.2) is 9.97 Å². The number of aliphatic hydroxyl groups is 3. The van der Waals surface area contributed by atoms with Gasteiger partial charge in [-0.05, 0) is 12.1 Å². The van der Waals surface area contributed by atoms with Gasteiger partial charge in [0.05, 0.1) is 19.8 Å². The van der Waals surface area contributed by atoms with Crippen LogP contribution >= 0.6 is 0 Å². The van der Waals surface area contributed by atoms with Crippen LogP contribution in [0.25, 0.3) is 11.2 Å². The number of hydrogen-bond acceptors (Lipinski definition) is 7. The molecule has 0 amide bonds. The second-order valence-electron chi connectivity index (χ2n) is 3.98. The monoisotopic (exact) mass is 250 g/mol. The molecular formula is C11H14N4O3. The maximum Gasteiger partial charge on any atom is 0.180 e. The lowest BCUT2D eigenvalue weighted by Gasteiger charge is -2.29. The summed E-state index contributed by atoms with van der Waals surface area (Å²) in [6, 6.07) is 3.36. The van der Waals surface area contributed by atoms with Gasteiger partial charge in [-0.15, -0.1) is 0 Å². The standard InChI is InChI=1S/C11H14N4O3/c16-5-11(6-17,7-18)15-9-2-1-8-10(14-9)13-4-3-12-8/h1-4,16-18H,5-7H2,(H,13,14,15). The molecule has 0 unspecified atom stereocenters. The van der Waals surface area contributed by atoms with E-state index in [0.717, 1.165) is 0 Å². The number of rotatable bonds is 5. The summed E-state index contributed by atoms with van der Waals surface area (Å²) in [6.45, 7) is -1.25. The predicted molar refractivity (Wildman–Crippen MR) is 64.9 cm³/mol. The summed E-state index contributed by atoms with van der Waals surface area (Å²) in [5, 5.41) is 30.4. The van der Waals surface area contributed by atoms with Gasteiger partial charge in [0.25, 0.3) is 0 Å². The van der Waals surface area contributed by atoms with Crippen LogP contribution in [0.1, 0.15) is 0 Å². The van der Waals surface area contributed by atoms with Gasteiger partial charge >= 0.3 is 0 Å². The topological polar surface area (TPSA) is 111 Å². The van der Waals surface area contributed by atoms with E-state index in [0.29, 0.717) is 17.0 Å². The second-order valence-corrected chi connectivity index (χ2v) is 3.98. The number of aliphatic hydroxyl groups excluding tert-OH is 3. The van der Waals surface area contributed by atoms with Crippen molar-refractivity contribution in [1.82, 2.24) is 15.0 Å². The summed E-state index contributed by atoms with van der Waals surface area (Å²) in [5.74, 6) is 0.403. The van der Waals surface area contributed by atoms with E-state index in [1.807, 2.05) is 0 Å². The van der Waals surface area contributed by atoms with E-state index in [2.05, 4.69) is 20.3 Å². The highest BCUT2D eigenvalue weighted by molar-refractivity contribution is 5.71. The number of nitrogens with zero attached hydrogens (tertiary/aromatic N) is 3.